The molecule has 6 aliphatic heterocycles. The molecule has 0 radical (unpaired) electrons. The van der Waals surface area contributed by atoms with Crippen molar-refractivity contribution in [2.45, 2.75) is 409 Å². The van der Waals surface area contributed by atoms with Gasteiger partial charge in [-0.1, -0.05) is 256 Å². The molecule has 6 heterocycles. The number of hydrogen-bond acceptors (Lipinski definition) is 8. The molecule has 0 aromatic heterocycles. The van der Waals surface area contributed by atoms with Crippen molar-refractivity contribution in [1.82, 2.24) is 10.6 Å². The first kappa shape index (κ1) is 94.7. The fourth-order valence-electron chi connectivity index (χ4n) is 23.4. The third kappa shape index (κ3) is 21.1. The van der Waals surface area contributed by atoms with Crippen LogP contribution in [0.4, 0.5) is 45.5 Å². The second-order valence-corrected chi connectivity index (χ2v) is 40.3. The molecule has 8 nitrogen and oxygen atoms in total. The van der Waals surface area contributed by atoms with E-state index in [2.05, 4.69) is 357 Å². The Morgan fingerprint density at radius 1 is 0.300 bits per heavy atom. The van der Waals surface area contributed by atoms with Crippen LogP contribution in [0.1, 0.15) is 338 Å². The molecule has 7 atom stereocenters. The molecule has 7 unspecified atom stereocenters. The van der Waals surface area contributed by atoms with E-state index in [0.29, 0.717) is 46.6 Å². The van der Waals surface area contributed by atoms with Crippen LogP contribution >= 0.6 is 0 Å². The monoisotopic (exact) mass is 1640 g/mol. The summed E-state index contributed by atoms with van der Waals surface area (Å²) in [5.41, 5.74) is 21.2. The molecule has 8 aliphatic rings. The van der Waals surface area contributed by atoms with Gasteiger partial charge in [0.15, 0.2) is 0 Å². The van der Waals surface area contributed by atoms with Crippen molar-refractivity contribution in [3.05, 3.63) is 239 Å². The van der Waals surface area contributed by atoms with Crippen LogP contribution in [0.25, 0.3) is 0 Å². The van der Waals surface area contributed by atoms with E-state index in [0.717, 1.165) is 17.7 Å². The number of rotatable bonds is 6. The van der Waals surface area contributed by atoms with Gasteiger partial charge in [-0.25, -0.2) is 0 Å². The average Bonchev–Trinajstić information content (AvgIpc) is 1.69. The number of aryl methyl sites for hydroxylation is 6. The highest BCUT2D eigenvalue weighted by Gasteiger charge is 2.55. The second kappa shape index (κ2) is 40.0. The average molecular weight is 1640 g/mol. The second-order valence-electron chi connectivity index (χ2n) is 40.3. The van der Waals surface area contributed by atoms with Crippen molar-refractivity contribution in [3.8, 4) is 0 Å². The maximum absolute atomic E-state index is 8.68. The zero-order valence-electron chi connectivity index (χ0n) is 80.8. The Labute approximate surface area is 746 Å². The first-order valence-corrected chi connectivity index (χ1v) is 43.8. The van der Waals surface area contributed by atoms with Gasteiger partial charge in [0.25, 0.3) is 0 Å². The number of hydrogen-bond donors (Lipinski definition) is 2. The summed E-state index contributed by atoms with van der Waals surface area (Å²) in [5, 5.41) is 6.76. The number of nitrogens with one attached hydrogen (secondary N) is 2. The normalized spacial score (nSPS) is 25.6. The minimum atomic E-state index is -2.46. The number of benzene rings is 8. The van der Waals surface area contributed by atoms with E-state index in [9.17, 15) is 0 Å². The number of para-hydroxylation sites is 8. The standard InChI is InChI=1S/C21H25N.C19H29N.C18H21N.2C16H26N2.C16H25N.6CH4/c1-16-10-4-6-12-19(16)22-17(2)21(14-8-3-9-15-21)18-11-5-7-13-20(18)22;1-15-10-6-7-11-17(15)20-16(2)19(14-18(20,3)4)12-8-5-9-13-19;1-13-9-5-7-11-16(13)19-14(2)18(3,4)15-10-6-8-12-17(15)19;2*1-12-9-7-8-10-14(12)18-13(2)17-15(3,4)11-16(18,5)6;1-12-9-7-8-10-14(12)17-13(2)15(3,4)11-16(17,5)6;;;;;;/h4-7,10-13,17H,3,8-9,14-15H2,1-2H3;6-7,10-11,16H,5,8-9,12-14H2,1-4H3;5-12,14H,1-4H3;2*7-10,13,17H,11H2,1-6H3;7-10,13H,11H2,1-6H3;6*1H4/i;;;3D3,11D2;;;;;;;;. The molecule has 6 fully saturated rings. The molecule has 120 heavy (non-hydrogen) atoms. The number of fused-ring (bicyclic) bond motifs is 3. The quantitative estimate of drug-likeness (QED) is 0.171. The first-order valence-electron chi connectivity index (χ1n) is 46.3. The van der Waals surface area contributed by atoms with Gasteiger partial charge >= 0.3 is 0 Å². The Hall–Kier alpha value is -7.52. The molecule has 8 aromatic carbocycles. The number of nitrogens with zero attached hydrogens (tertiary/aromatic N) is 6. The van der Waals surface area contributed by atoms with Gasteiger partial charge in [0.05, 0.1) is 12.3 Å². The van der Waals surface area contributed by atoms with Gasteiger partial charge in [-0.15, -0.1) is 0 Å². The molecule has 2 N–H and O–H groups in total. The highest BCUT2D eigenvalue weighted by Crippen LogP contribution is 2.58. The van der Waals surface area contributed by atoms with E-state index < -0.39 is 24.3 Å². The van der Waals surface area contributed by atoms with Crippen molar-refractivity contribution in [3.63, 3.8) is 0 Å². The summed E-state index contributed by atoms with van der Waals surface area (Å²) >= 11 is 0. The predicted molar refractivity (Wildman–Crippen MR) is 538 cm³/mol. The van der Waals surface area contributed by atoms with E-state index in [1.54, 1.807) is 19.4 Å². The van der Waals surface area contributed by atoms with Crippen molar-refractivity contribution < 1.29 is 6.85 Å². The van der Waals surface area contributed by atoms with Gasteiger partial charge < -0.3 is 29.4 Å². The van der Waals surface area contributed by atoms with Crippen LogP contribution in [-0.4, -0.2) is 69.7 Å². The SMILES string of the molecule is C.C.C.C.C.C.Cc1ccccc1N1C(C)C(C)(C)CC1(C)C.Cc1ccccc1N1C(C)C2(CCCCC2)CC1(C)C.Cc1ccccc1N1C(C)NC(C)(C)CC1(C)C.Cc1ccccc1N1c2ccccc2C(C)(C)C1C.Cc1ccccc1N1c2ccccc2C2(CCCCC2)C1C.[2H]C([2H])([2H])C1(C)NC(C)N(c2ccccc2C)C(C)(C)C1([2H])[2H]. The van der Waals surface area contributed by atoms with Gasteiger partial charge in [0.1, 0.15) is 0 Å². The minimum absolute atomic E-state index is 0. The lowest BCUT2D eigenvalue weighted by molar-refractivity contribution is 0.170. The van der Waals surface area contributed by atoms with E-state index in [1.807, 2.05) is 43.0 Å². The van der Waals surface area contributed by atoms with Crippen molar-refractivity contribution in [2.24, 2.45) is 10.8 Å². The topological polar surface area (TPSA) is 43.5 Å². The lowest BCUT2D eigenvalue weighted by Crippen LogP contribution is -2.67. The van der Waals surface area contributed by atoms with Crippen LogP contribution in [0.2, 0.25) is 0 Å². The molecular weight excluding hydrogens is 1460 g/mol. The van der Waals surface area contributed by atoms with Crippen LogP contribution in [0, 0.1) is 52.4 Å². The molecule has 2 aliphatic carbocycles. The van der Waals surface area contributed by atoms with Crippen LogP contribution in [0.3, 0.4) is 0 Å². The zero-order chi connectivity index (χ0) is 87.4. The summed E-state index contributed by atoms with van der Waals surface area (Å²) in [7, 11) is 0. The molecule has 2 saturated carbocycles. The highest BCUT2D eigenvalue weighted by molar-refractivity contribution is 5.77. The van der Waals surface area contributed by atoms with Crippen molar-refractivity contribution in [1.29, 1.82) is 0 Å². The van der Waals surface area contributed by atoms with Crippen LogP contribution < -0.4 is 40.0 Å². The van der Waals surface area contributed by atoms with Gasteiger partial charge in [0.2, 0.25) is 0 Å². The number of anilines is 8. The molecule has 0 bridgehead atoms. The highest BCUT2D eigenvalue weighted by atomic mass is 15.4. The summed E-state index contributed by atoms with van der Waals surface area (Å²) in [4.78, 5) is 14.9. The van der Waals surface area contributed by atoms with Gasteiger partial charge in [-0.2, -0.15) is 0 Å². The third-order valence-corrected chi connectivity index (χ3v) is 28.3. The van der Waals surface area contributed by atoms with Gasteiger partial charge in [0, 0.05) is 121 Å². The first-order chi connectivity index (χ1) is 55.5. The van der Waals surface area contributed by atoms with E-state index >= 15 is 0 Å². The largest absolute Gasteiger partial charge is 0.363 e. The van der Waals surface area contributed by atoms with Crippen LogP contribution in [-0.2, 0) is 10.8 Å². The van der Waals surface area contributed by atoms with Crippen LogP contribution in [0.5, 0.6) is 0 Å². The smallest absolute Gasteiger partial charge is 0.0776 e. The van der Waals surface area contributed by atoms with E-state index in [1.165, 1.54) is 157 Å². The lowest BCUT2D eigenvalue weighted by Gasteiger charge is -2.55. The summed E-state index contributed by atoms with van der Waals surface area (Å²) in [6.07, 6.45) is 15.8. The van der Waals surface area contributed by atoms with E-state index in [-0.39, 0.29) is 78.3 Å². The Morgan fingerprint density at radius 2 is 0.600 bits per heavy atom. The molecule has 4 saturated heterocycles. The Morgan fingerprint density at radius 3 is 0.975 bits per heavy atom. The Kier molecular flexibility index (Phi) is 31.6. The van der Waals surface area contributed by atoms with Gasteiger partial charge in [-0.3, -0.25) is 10.6 Å². The van der Waals surface area contributed by atoms with Gasteiger partial charge in [-0.05, 0) is 321 Å². The lowest BCUT2D eigenvalue weighted by atomic mass is 9.67. The maximum Gasteiger partial charge on any atom is 0.0776 e. The molecule has 8 aromatic rings. The summed E-state index contributed by atoms with van der Waals surface area (Å²) in [6.45, 7) is 57.7. The summed E-state index contributed by atoms with van der Waals surface area (Å²) in [5.74, 6) is 0. The van der Waals surface area contributed by atoms with Crippen molar-refractivity contribution >= 4 is 45.5 Å². The zero-order valence-corrected chi connectivity index (χ0v) is 75.8. The fraction of sp³-hybridized carbons (Fsp3) is 0.571. The summed E-state index contributed by atoms with van der Waals surface area (Å²) in [6, 6.07) is 71.8. The minimum Gasteiger partial charge on any atom is -0.363 e. The molecule has 2 spiro atoms. The fourth-order valence-corrected chi connectivity index (χ4v) is 23.4. The Bertz CT molecular complexity index is 4770. The van der Waals surface area contributed by atoms with Crippen molar-refractivity contribution in [2.75, 3.05) is 29.4 Å². The molecule has 8 heteroatoms. The molecule has 0 amide bonds. The van der Waals surface area contributed by atoms with E-state index in [4.69, 9.17) is 6.85 Å². The predicted octanol–water partition coefficient (Wildman–Crippen LogP) is 31.5. The molecule has 16 rings (SSSR count). The van der Waals surface area contributed by atoms with Crippen LogP contribution in [0.15, 0.2) is 194 Å². The molecule has 664 valence electrons. The molecular formula is C112H176N8. The Balaban J connectivity index is 0.000000264. The summed E-state index contributed by atoms with van der Waals surface area (Å²) < 4.78 is 41.0. The third-order valence-electron chi connectivity index (χ3n) is 28.3. The maximum atomic E-state index is 8.68.